The summed E-state index contributed by atoms with van der Waals surface area (Å²) < 4.78 is 38.5. The molecule has 162 valence electrons. The molecule has 0 bridgehead atoms. The predicted molar refractivity (Wildman–Crippen MR) is 110 cm³/mol. The summed E-state index contributed by atoms with van der Waals surface area (Å²) in [5, 5.41) is 0. The average molecular weight is 407 g/mol. The number of unbranched alkanes of at least 4 members (excludes halogenated alkanes) is 11. The van der Waals surface area contributed by atoms with Gasteiger partial charge in [0.05, 0.1) is 26.1 Å². The molecule has 0 aromatic carbocycles. The summed E-state index contributed by atoms with van der Waals surface area (Å²) in [7, 11) is -3.29. The minimum absolute atomic E-state index is 0.299. The first-order valence-corrected chi connectivity index (χ1v) is 12.9. The first kappa shape index (κ1) is 24.9. The first-order valence-electron chi connectivity index (χ1n) is 11.1. The molecule has 1 fully saturated rings. The molecule has 0 spiro atoms. The van der Waals surface area contributed by atoms with Crippen molar-refractivity contribution in [3.8, 4) is 0 Å². The third-order valence-electron chi connectivity index (χ3n) is 5.22. The van der Waals surface area contributed by atoms with Crippen LogP contribution in [0.5, 0.6) is 0 Å². The fraction of sp³-hybridized carbons (Fsp3) is 1.00. The largest absolute Gasteiger partial charge is 0.348 e. The molecular formula is C21H42O5S. The summed E-state index contributed by atoms with van der Waals surface area (Å²) in [6.07, 6.45) is 18.8. The molecule has 27 heavy (non-hydrogen) atoms. The molecule has 1 rings (SSSR count). The lowest BCUT2D eigenvalue weighted by atomic mass is 9.99. The fourth-order valence-corrected chi connectivity index (χ4v) is 4.10. The van der Waals surface area contributed by atoms with Crippen molar-refractivity contribution in [2.75, 3.05) is 26.1 Å². The molecule has 0 atom stereocenters. The van der Waals surface area contributed by atoms with E-state index < -0.39 is 10.1 Å². The molecule has 1 aliphatic rings. The van der Waals surface area contributed by atoms with Crippen LogP contribution in [0.4, 0.5) is 0 Å². The highest BCUT2D eigenvalue weighted by molar-refractivity contribution is 7.85. The Bertz CT molecular complexity index is 443. The zero-order valence-electron chi connectivity index (χ0n) is 17.7. The Hall–Kier alpha value is -0.170. The Morgan fingerprint density at radius 3 is 1.67 bits per heavy atom. The van der Waals surface area contributed by atoms with E-state index in [1.165, 1.54) is 51.4 Å². The normalized spacial score (nSPS) is 16.8. The van der Waals surface area contributed by atoms with Crippen molar-refractivity contribution in [1.29, 1.82) is 0 Å². The summed E-state index contributed by atoms with van der Waals surface area (Å²) in [6.45, 7) is 4.00. The van der Waals surface area contributed by atoms with Gasteiger partial charge in [-0.2, -0.15) is 8.42 Å². The molecule has 6 heteroatoms. The van der Waals surface area contributed by atoms with Crippen LogP contribution in [0.15, 0.2) is 0 Å². The molecule has 1 heterocycles. The van der Waals surface area contributed by atoms with Gasteiger partial charge in [0, 0.05) is 12.8 Å². The molecule has 5 nitrogen and oxygen atoms in total. The van der Waals surface area contributed by atoms with E-state index in [1.807, 2.05) is 0 Å². The highest BCUT2D eigenvalue weighted by Gasteiger charge is 2.35. The van der Waals surface area contributed by atoms with Crippen LogP contribution in [0.2, 0.25) is 0 Å². The van der Waals surface area contributed by atoms with Crippen molar-refractivity contribution < 1.29 is 22.1 Å². The van der Waals surface area contributed by atoms with Gasteiger partial charge in [-0.25, -0.2) is 0 Å². The minimum Gasteiger partial charge on any atom is -0.348 e. The van der Waals surface area contributed by atoms with E-state index in [2.05, 4.69) is 6.92 Å². The zero-order valence-corrected chi connectivity index (χ0v) is 18.5. The summed E-state index contributed by atoms with van der Waals surface area (Å²) in [6, 6.07) is 0. The van der Waals surface area contributed by atoms with Gasteiger partial charge in [-0.15, -0.1) is 0 Å². The fourth-order valence-electron chi connectivity index (χ4n) is 3.68. The van der Waals surface area contributed by atoms with E-state index >= 15 is 0 Å². The predicted octanol–water partition coefficient (Wildman–Crippen LogP) is 5.58. The summed E-state index contributed by atoms with van der Waals surface area (Å²) in [4.78, 5) is 0. The SMILES string of the molecule is CCCCCCCCCCC1(CCCCCCCOS(C)(=O)=O)OCCO1. The van der Waals surface area contributed by atoms with Crippen LogP contribution in [0.25, 0.3) is 0 Å². The molecule has 0 amide bonds. The standard InChI is InChI=1S/C21H42O5S/c1-3-4-5-6-7-8-10-13-16-21(24-19-20-25-21)17-14-11-9-12-15-18-26-27(2,22)23/h3-20H2,1-2H3. The van der Waals surface area contributed by atoms with E-state index in [9.17, 15) is 8.42 Å². The molecule has 1 aliphatic heterocycles. The van der Waals surface area contributed by atoms with E-state index in [4.69, 9.17) is 13.7 Å². The molecule has 0 saturated carbocycles. The Labute approximate surface area is 167 Å². The van der Waals surface area contributed by atoms with Gasteiger partial charge in [-0.1, -0.05) is 71.1 Å². The molecule has 0 aromatic rings. The number of ether oxygens (including phenoxy) is 2. The second-order valence-electron chi connectivity index (χ2n) is 7.88. The monoisotopic (exact) mass is 406 g/mol. The van der Waals surface area contributed by atoms with Crippen LogP contribution < -0.4 is 0 Å². The summed E-state index contributed by atoms with van der Waals surface area (Å²) in [5.41, 5.74) is 0. The van der Waals surface area contributed by atoms with Gasteiger partial charge in [0.25, 0.3) is 10.1 Å². The van der Waals surface area contributed by atoms with E-state index in [-0.39, 0.29) is 5.79 Å². The Morgan fingerprint density at radius 2 is 1.19 bits per heavy atom. The molecular weight excluding hydrogens is 364 g/mol. The summed E-state index contributed by atoms with van der Waals surface area (Å²) in [5.74, 6) is -0.332. The van der Waals surface area contributed by atoms with Gasteiger partial charge in [0.15, 0.2) is 5.79 Å². The third kappa shape index (κ3) is 13.6. The van der Waals surface area contributed by atoms with Crippen molar-refractivity contribution in [1.82, 2.24) is 0 Å². The number of rotatable bonds is 18. The Morgan fingerprint density at radius 1 is 0.741 bits per heavy atom. The second-order valence-corrected chi connectivity index (χ2v) is 9.52. The van der Waals surface area contributed by atoms with Crippen LogP contribution in [0.1, 0.15) is 103 Å². The van der Waals surface area contributed by atoms with Gasteiger partial charge in [0.1, 0.15) is 0 Å². The van der Waals surface area contributed by atoms with Crippen LogP contribution in [-0.2, 0) is 23.8 Å². The summed E-state index contributed by atoms with van der Waals surface area (Å²) >= 11 is 0. The highest BCUT2D eigenvalue weighted by atomic mass is 32.2. The second kappa shape index (κ2) is 14.8. The number of hydrogen-bond acceptors (Lipinski definition) is 5. The highest BCUT2D eigenvalue weighted by Crippen LogP contribution is 2.32. The quantitative estimate of drug-likeness (QED) is 0.220. The average Bonchev–Trinajstić information content (AvgIpc) is 3.08. The van der Waals surface area contributed by atoms with Gasteiger partial charge in [-0.3, -0.25) is 4.18 Å². The van der Waals surface area contributed by atoms with Crippen LogP contribution in [0, 0.1) is 0 Å². The zero-order chi connectivity index (χ0) is 19.8. The molecule has 0 unspecified atom stereocenters. The Kier molecular flexibility index (Phi) is 13.6. The maximum Gasteiger partial charge on any atom is 0.264 e. The van der Waals surface area contributed by atoms with Crippen molar-refractivity contribution in [3.05, 3.63) is 0 Å². The molecule has 1 saturated heterocycles. The van der Waals surface area contributed by atoms with Gasteiger partial charge < -0.3 is 9.47 Å². The number of hydrogen-bond donors (Lipinski definition) is 0. The van der Waals surface area contributed by atoms with Crippen LogP contribution in [-0.4, -0.2) is 40.3 Å². The third-order valence-corrected chi connectivity index (χ3v) is 5.82. The smallest absolute Gasteiger partial charge is 0.264 e. The molecule has 0 aromatic heterocycles. The van der Waals surface area contributed by atoms with Gasteiger partial charge >= 0.3 is 0 Å². The maximum atomic E-state index is 10.9. The Balaban J connectivity index is 2.04. The lowest BCUT2D eigenvalue weighted by molar-refractivity contribution is -0.168. The van der Waals surface area contributed by atoms with Crippen LogP contribution >= 0.6 is 0 Å². The van der Waals surface area contributed by atoms with E-state index in [1.54, 1.807) is 0 Å². The minimum atomic E-state index is -3.29. The molecule has 0 radical (unpaired) electrons. The lowest BCUT2D eigenvalue weighted by Gasteiger charge is -2.27. The van der Waals surface area contributed by atoms with Gasteiger partial charge in [-0.05, 0) is 19.3 Å². The molecule has 0 N–H and O–H groups in total. The first-order chi connectivity index (χ1) is 13.0. The topological polar surface area (TPSA) is 61.8 Å². The van der Waals surface area contributed by atoms with Crippen molar-refractivity contribution >= 4 is 10.1 Å². The van der Waals surface area contributed by atoms with Gasteiger partial charge in [0.2, 0.25) is 0 Å². The van der Waals surface area contributed by atoms with E-state index in [0.29, 0.717) is 6.61 Å². The molecule has 0 aliphatic carbocycles. The van der Waals surface area contributed by atoms with Crippen molar-refractivity contribution in [3.63, 3.8) is 0 Å². The lowest BCUT2D eigenvalue weighted by Crippen LogP contribution is -2.30. The maximum absolute atomic E-state index is 10.9. The van der Waals surface area contributed by atoms with Crippen molar-refractivity contribution in [2.24, 2.45) is 0 Å². The van der Waals surface area contributed by atoms with Crippen molar-refractivity contribution in [2.45, 2.75) is 109 Å². The van der Waals surface area contributed by atoms with E-state index in [0.717, 1.165) is 64.4 Å². The van der Waals surface area contributed by atoms with Crippen LogP contribution in [0.3, 0.4) is 0 Å².